The van der Waals surface area contributed by atoms with Crippen molar-refractivity contribution in [3.8, 4) is 0 Å². The molecule has 2 aromatic rings. The molecule has 26 heavy (non-hydrogen) atoms. The average molecular weight is 393 g/mol. The summed E-state index contributed by atoms with van der Waals surface area (Å²) in [5.41, 5.74) is 0.576. The molecule has 1 aromatic carbocycles. The maximum atomic E-state index is 12.6. The van der Waals surface area contributed by atoms with Gasteiger partial charge in [0.1, 0.15) is 0 Å². The van der Waals surface area contributed by atoms with Crippen LogP contribution in [0.4, 0.5) is 5.69 Å². The number of amides is 1. The Morgan fingerprint density at radius 1 is 1.08 bits per heavy atom. The van der Waals surface area contributed by atoms with Gasteiger partial charge in [0.05, 0.1) is 11.2 Å². The Hall–Kier alpha value is -2.23. The van der Waals surface area contributed by atoms with E-state index < -0.39 is 15.9 Å². The maximum absolute atomic E-state index is 12.6. The first-order valence-corrected chi connectivity index (χ1v) is 10.1. The predicted molar refractivity (Wildman–Crippen MR) is 101 cm³/mol. The number of thiocarbonyl (C=S) groups is 1. The Bertz CT molecular complexity index is 871. The number of anilines is 1. The zero-order valence-corrected chi connectivity index (χ0v) is 15.6. The third-order valence-electron chi connectivity index (χ3n) is 4.04. The summed E-state index contributed by atoms with van der Waals surface area (Å²) in [5, 5.41) is 5.43. The molecule has 1 aliphatic heterocycles. The van der Waals surface area contributed by atoms with Crippen LogP contribution in [0.1, 0.15) is 29.8 Å². The fourth-order valence-electron chi connectivity index (χ4n) is 2.70. The number of nitrogens with zero attached hydrogens (tertiary/aromatic N) is 1. The van der Waals surface area contributed by atoms with Gasteiger partial charge in [-0.05, 0) is 61.5 Å². The predicted octanol–water partition coefficient (Wildman–Crippen LogP) is 2.58. The third kappa shape index (κ3) is 4.29. The topological polar surface area (TPSA) is 91.7 Å². The molecular formula is C17H19N3O4S2. The van der Waals surface area contributed by atoms with Crippen molar-refractivity contribution >= 4 is 38.9 Å². The van der Waals surface area contributed by atoms with Crippen molar-refractivity contribution in [2.24, 2.45) is 0 Å². The number of benzene rings is 1. The molecule has 0 bridgehead atoms. The highest BCUT2D eigenvalue weighted by Crippen LogP contribution is 2.22. The van der Waals surface area contributed by atoms with Gasteiger partial charge in [0.15, 0.2) is 10.9 Å². The first-order valence-electron chi connectivity index (χ1n) is 8.23. The van der Waals surface area contributed by atoms with Crippen LogP contribution < -0.4 is 10.6 Å². The van der Waals surface area contributed by atoms with E-state index in [0.29, 0.717) is 18.8 Å². The molecule has 2 N–H and O–H groups in total. The summed E-state index contributed by atoms with van der Waals surface area (Å²) in [6.07, 6.45) is 4.24. The van der Waals surface area contributed by atoms with E-state index in [2.05, 4.69) is 10.6 Å². The lowest BCUT2D eigenvalue weighted by Crippen LogP contribution is -2.35. The monoisotopic (exact) mass is 393 g/mol. The van der Waals surface area contributed by atoms with E-state index in [0.717, 1.165) is 19.3 Å². The molecule has 0 unspecified atom stereocenters. The molecule has 3 rings (SSSR count). The lowest BCUT2D eigenvalue weighted by atomic mass is 10.2. The van der Waals surface area contributed by atoms with Crippen LogP contribution in [0.5, 0.6) is 0 Å². The Balaban J connectivity index is 1.62. The molecule has 0 saturated carbocycles. The van der Waals surface area contributed by atoms with Gasteiger partial charge in [0.25, 0.3) is 5.91 Å². The van der Waals surface area contributed by atoms with Crippen molar-refractivity contribution < 1.29 is 17.6 Å². The lowest BCUT2D eigenvalue weighted by Gasteiger charge is -2.25. The van der Waals surface area contributed by atoms with Gasteiger partial charge >= 0.3 is 0 Å². The highest BCUT2D eigenvalue weighted by atomic mass is 32.2. The van der Waals surface area contributed by atoms with Crippen molar-refractivity contribution in [2.45, 2.75) is 24.2 Å². The fraction of sp³-hybridized carbons (Fsp3) is 0.294. The summed E-state index contributed by atoms with van der Waals surface area (Å²) in [4.78, 5) is 12.1. The van der Waals surface area contributed by atoms with Crippen molar-refractivity contribution in [3.63, 3.8) is 0 Å². The molecule has 7 nitrogen and oxygen atoms in total. The number of hydrogen-bond donors (Lipinski definition) is 2. The maximum Gasteiger partial charge on any atom is 0.293 e. The van der Waals surface area contributed by atoms with E-state index in [1.807, 2.05) is 0 Å². The second-order valence-corrected chi connectivity index (χ2v) is 8.22. The van der Waals surface area contributed by atoms with Gasteiger partial charge < -0.3 is 9.73 Å². The smallest absolute Gasteiger partial charge is 0.293 e. The highest BCUT2D eigenvalue weighted by Gasteiger charge is 2.25. The van der Waals surface area contributed by atoms with Crippen molar-refractivity contribution in [1.82, 2.24) is 9.62 Å². The standard InChI is InChI=1S/C17H19N3O4S2/c21-16(15-5-4-12-24-15)19-17(25)18-13-6-8-14(9-7-13)26(22,23)20-10-2-1-3-11-20/h4-9,12H,1-3,10-11H2,(H2,18,19,21,25). The van der Waals surface area contributed by atoms with Crippen LogP contribution in [-0.2, 0) is 10.0 Å². The van der Waals surface area contributed by atoms with E-state index in [1.165, 1.54) is 28.8 Å². The van der Waals surface area contributed by atoms with Gasteiger partial charge in [-0.2, -0.15) is 4.31 Å². The lowest BCUT2D eigenvalue weighted by molar-refractivity contribution is 0.0950. The number of nitrogens with one attached hydrogen (secondary N) is 2. The van der Waals surface area contributed by atoms with Gasteiger partial charge in [-0.15, -0.1) is 0 Å². The molecule has 9 heteroatoms. The van der Waals surface area contributed by atoms with Crippen LogP contribution in [0.3, 0.4) is 0 Å². The second kappa shape index (κ2) is 7.98. The Kier molecular flexibility index (Phi) is 5.70. The summed E-state index contributed by atoms with van der Waals surface area (Å²) < 4.78 is 31.7. The molecule has 0 spiro atoms. The number of piperidine rings is 1. The van der Waals surface area contributed by atoms with Crippen LogP contribution in [-0.4, -0.2) is 36.8 Å². The van der Waals surface area contributed by atoms with Crippen molar-refractivity contribution in [1.29, 1.82) is 0 Å². The largest absolute Gasteiger partial charge is 0.459 e. The van der Waals surface area contributed by atoms with Crippen LogP contribution in [0.2, 0.25) is 0 Å². The van der Waals surface area contributed by atoms with Gasteiger partial charge in [0.2, 0.25) is 10.0 Å². The van der Waals surface area contributed by atoms with E-state index >= 15 is 0 Å². The summed E-state index contributed by atoms with van der Waals surface area (Å²) in [5.74, 6) is -0.311. The van der Waals surface area contributed by atoms with Gasteiger partial charge in [-0.25, -0.2) is 8.42 Å². The van der Waals surface area contributed by atoms with Crippen molar-refractivity contribution in [2.75, 3.05) is 18.4 Å². The molecule has 1 fully saturated rings. The molecule has 138 valence electrons. The quantitative estimate of drug-likeness (QED) is 0.776. The van der Waals surface area contributed by atoms with Crippen LogP contribution in [0.25, 0.3) is 0 Å². The van der Waals surface area contributed by atoms with Gasteiger partial charge in [-0.1, -0.05) is 6.42 Å². The number of rotatable bonds is 4. The normalized spacial score (nSPS) is 15.4. The first-order chi connectivity index (χ1) is 12.5. The molecule has 1 amide bonds. The molecule has 1 saturated heterocycles. The van der Waals surface area contributed by atoms with E-state index in [-0.39, 0.29) is 15.8 Å². The Morgan fingerprint density at radius 3 is 2.38 bits per heavy atom. The number of furan rings is 1. The average Bonchev–Trinajstić information content (AvgIpc) is 3.18. The minimum absolute atomic E-state index is 0.0954. The SMILES string of the molecule is O=C(NC(=S)Nc1ccc(S(=O)(=O)N2CCCCC2)cc1)c1ccco1. The van der Waals surface area contributed by atoms with Crippen LogP contribution in [0.15, 0.2) is 52.0 Å². The fourth-order valence-corrected chi connectivity index (χ4v) is 4.43. The number of carbonyl (C=O) groups is 1. The zero-order chi connectivity index (χ0) is 18.6. The van der Waals surface area contributed by atoms with Crippen LogP contribution >= 0.6 is 12.2 Å². The first kappa shape index (κ1) is 18.6. The second-order valence-electron chi connectivity index (χ2n) is 5.87. The molecule has 1 aromatic heterocycles. The molecular weight excluding hydrogens is 374 g/mol. The summed E-state index contributed by atoms with van der Waals surface area (Å²) in [6, 6.07) is 9.42. The van der Waals surface area contributed by atoms with Crippen LogP contribution in [0, 0.1) is 0 Å². The van der Waals surface area contributed by atoms with Gasteiger partial charge in [0, 0.05) is 18.8 Å². The summed E-state index contributed by atoms with van der Waals surface area (Å²) in [7, 11) is -3.47. The van der Waals surface area contributed by atoms with E-state index in [4.69, 9.17) is 16.6 Å². The number of hydrogen-bond acceptors (Lipinski definition) is 5. The Morgan fingerprint density at radius 2 is 1.77 bits per heavy atom. The minimum Gasteiger partial charge on any atom is -0.459 e. The molecule has 2 heterocycles. The molecule has 0 atom stereocenters. The molecule has 0 radical (unpaired) electrons. The Labute approximate surface area is 157 Å². The number of carbonyl (C=O) groups excluding carboxylic acids is 1. The van der Waals surface area contributed by atoms with Crippen molar-refractivity contribution in [3.05, 3.63) is 48.4 Å². The van der Waals surface area contributed by atoms with Gasteiger partial charge in [-0.3, -0.25) is 10.1 Å². The molecule has 0 aliphatic carbocycles. The molecule has 1 aliphatic rings. The number of sulfonamides is 1. The highest BCUT2D eigenvalue weighted by molar-refractivity contribution is 7.89. The summed E-state index contributed by atoms with van der Waals surface area (Å²) in [6.45, 7) is 1.12. The minimum atomic E-state index is -3.47. The summed E-state index contributed by atoms with van der Waals surface area (Å²) >= 11 is 5.08. The van der Waals surface area contributed by atoms with E-state index in [1.54, 1.807) is 18.2 Å². The third-order valence-corrected chi connectivity index (χ3v) is 6.15. The van der Waals surface area contributed by atoms with E-state index in [9.17, 15) is 13.2 Å². The zero-order valence-electron chi connectivity index (χ0n) is 14.0.